The van der Waals surface area contributed by atoms with Crippen molar-refractivity contribution in [3.63, 3.8) is 0 Å². The number of carboxylic acids is 1. The smallest absolute Gasteiger partial charge is 0.306 e. The second kappa shape index (κ2) is 10.7. The number of nitrogens with one attached hydrogen (secondary N) is 2. The second-order valence-electron chi connectivity index (χ2n) is 7.89. The number of nitro groups is 1. The Kier molecular flexibility index (Phi) is 7.70. The summed E-state index contributed by atoms with van der Waals surface area (Å²) in [6, 6.07) is 9.35. The molecular formula is C23H27N3O7. The van der Waals surface area contributed by atoms with Gasteiger partial charge in [0.05, 0.1) is 30.6 Å². The third-order valence-corrected chi connectivity index (χ3v) is 5.80. The third-order valence-electron chi connectivity index (χ3n) is 5.80. The molecule has 1 aliphatic rings. The summed E-state index contributed by atoms with van der Waals surface area (Å²) >= 11 is 0. The summed E-state index contributed by atoms with van der Waals surface area (Å²) in [6.07, 6.45) is 2.36. The van der Waals surface area contributed by atoms with Crippen molar-refractivity contribution in [3.05, 3.63) is 57.6 Å². The molecule has 1 fully saturated rings. The van der Waals surface area contributed by atoms with Crippen molar-refractivity contribution in [2.75, 3.05) is 19.5 Å². The van der Waals surface area contributed by atoms with E-state index in [1.165, 1.54) is 32.4 Å². The van der Waals surface area contributed by atoms with Crippen molar-refractivity contribution in [2.24, 2.45) is 5.92 Å². The van der Waals surface area contributed by atoms with Gasteiger partial charge in [0.15, 0.2) is 11.5 Å². The molecule has 2 aromatic carbocycles. The maximum Gasteiger partial charge on any atom is 0.306 e. The maximum atomic E-state index is 13.0. The van der Waals surface area contributed by atoms with Crippen LogP contribution in [0.2, 0.25) is 0 Å². The van der Waals surface area contributed by atoms with Crippen LogP contribution in [0.3, 0.4) is 0 Å². The fraction of sp³-hybridized carbons (Fsp3) is 0.391. The normalized spacial score (nSPS) is 17.6. The minimum Gasteiger partial charge on any atom is -0.493 e. The van der Waals surface area contributed by atoms with Crippen LogP contribution in [0.15, 0.2) is 36.4 Å². The van der Waals surface area contributed by atoms with Gasteiger partial charge in [-0.3, -0.25) is 19.7 Å². The maximum absolute atomic E-state index is 13.0. The number of ether oxygens (including phenoxy) is 2. The van der Waals surface area contributed by atoms with Crippen LogP contribution >= 0.6 is 0 Å². The summed E-state index contributed by atoms with van der Waals surface area (Å²) in [5.74, 6) is -0.521. The van der Waals surface area contributed by atoms with Gasteiger partial charge in [-0.2, -0.15) is 0 Å². The number of rotatable bonds is 9. The number of carbonyl (C=O) groups is 2. The van der Waals surface area contributed by atoms with Crippen molar-refractivity contribution in [2.45, 2.75) is 38.3 Å². The molecule has 1 aliphatic carbocycles. The number of benzene rings is 2. The Morgan fingerprint density at radius 3 is 2.36 bits per heavy atom. The molecule has 10 heteroatoms. The van der Waals surface area contributed by atoms with Gasteiger partial charge in [0.2, 0.25) is 0 Å². The first-order chi connectivity index (χ1) is 15.8. The molecule has 0 aromatic heterocycles. The fourth-order valence-corrected chi connectivity index (χ4v) is 3.93. The largest absolute Gasteiger partial charge is 0.493 e. The molecule has 2 aromatic rings. The number of nitrogens with zero attached hydrogens (tertiary/aromatic N) is 1. The Bertz CT molecular complexity index is 1030. The highest BCUT2D eigenvalue weighted by atomic mass is 16.6. The minimum absolute atomic E-state index is 0.0144. The molecule has 0 spiro atoms. The monoisotopic (exact) mass is 457 g/mol. The van der Waals surface area contributed by atoms with Crippen LogP contribution in [0.1, 0.15) is 41.6 Å². The van der Waals surface area contributed by atoms with Gasteiger partial charge in [-0.15, -0.1) is 0 Å². The fourth-order valence-electron chi connectivity index (χ4n) is 3.93. The van der Waals surface area contributed by atoms with Crippen molar-refractivity contribution >= 4 is 23.3 Å². The number of carboxylic acid groups (broad SMARTS) is 1. The van der Waals surface area contributed by atoms with Crippen LogP contribution in [0.5, 0.6) is 11.5 Å². The Morgan fingerprint density at radius 2 is 1.76 bits per heavy atom. The lowest BCUT2D eigenvalue weighted by Gasteiger charge is -2.28. The summed E-state index contributed by atoms with van der Waals surface area (Å²) in [4.78, 5) is 34.9. The lowest BCUT2D eigenvalue weighted by atomic mass is 9.86. The van der Waals surface area contributed by atoms with Gasteiger partial charge in [-0.05, 0) is 49.4 Å². The number of methoxy groups -OCH3 is 2. The van der Waals surface area contributed by atoms with Gasteiger partial charge >= 0.3 is 5.97 Å². The van der Waals surface area contributed by atoms with E-state index >= 15 is 0 Å². The number of aliphatic carboxylic acids is 1. The van der Waals surface area contributed by atoms with E-state index in [0.717, 1.165) is 5.56 Å². The second-order valence-corrected chi connectivity index (χ2v) is 7.89. The molecule has 0 aliphatic heterocycles. The summed E-state index contributed by atoms with van der Waals surface area (Å²) in [5, 5.41) is 26.5. The number of hydrogen-bond donors (Lipinski definition) is 3. The molecule has 0 atom stereocenters. The van der Waals surface area contributed by atoms with Crippen molar-refractivity contribution < 1.29 is 29.1 Å². The highest BCUT2D eigenvalue weighted by molar-refractivity contribution is 6.00. The lowest BCUT2D eigenvalue weighted by Crippen LogP contribution is -2.30. The number of nitro benzene ring substituents is 1. The van der Waals surface area contributed by atoms with Crippen molar-refractivity contribution in [3.8, 4) is 11.5 Å². The molecule has 3 N–H and O–H groups in total. The van der Waals surface area contributed by atoms with Crippen LogP contribution in [-0.2, 0) is 11.3 Å². The zero-order valence-corrected chi connectivity index (χ0v) is 18.5. The average Bonchev–Trinajstić information content (AvgIpc) is 2.82. The molecule has 0 unspecified atom stereocenters. The minimum atomic E-state index is -0.793. The van der Waals surface area contributed by atoms with Gasteiger partial charge in [0.25, 0.3) is 11.6 Å². The van der Waals surface area contributed by atoms with Crippen LogP contribution in [0, 0.1) is 16.0 Å². The van der Waals surface area contributed by atoms with Gasteiger partial charge in [0, 0.05) is 30.4 Å². The van der Waals surface area contributed by atoms with Crippen molar-refractivity contribution in [1.29, 1.82) is 0 Å². The molecule has 0 saturated heterocycles. The molecule has 1 amide bonds. The predicted molar refractivity (Wildman–Crippen MR) is 121 cm³/mol. The Labute approximate surface area is 191 Å². The van der Waals surface area contributed by atoms with Crippen LogP contribution in [0.4, 0.5) is 11.4 Å². The molecule has 33 heavy (non-hydrogen) atoms. The molecule has 0 heterocycles. The molecule has 3 rings (SSSR count). The molecule has 0 radical (unpaired) electrons. The third kappa shape index (κ3) is 5.91. The molecule has 0 bridgehead atoms. The van der Waals surface area contributed by atoms with E-state index in [4.69, 9.17) is 9.47 Å². The molecule has 10 nitrogen and oxygen atoms in total. The first kappa shape index (κ1) is 23.8. The highest BCUT2D eigenvalue weighted by Crippen LogP contribution is 2.30. The number of hydrogen-bond acceptors (Lipinski definition) is 7. The first-order valence-electron chi connectivity index (χ1n) is 10.6. The molecule has 176 valence electrons. The van der Waals surface area contributed by atoms with Crippen LogP contribution in [0.25, 0.3) is 0 Å². The SMILES string of the molecule is COc1ccc(CNC(=O)c2cc([N+](=O)[O-])ccc2NC2CCC(C(=O)O)CC2)cc1OC. The predicted octanol–water partition coefficient (Wildman–Crippen LogP) is 3.60. The summed E-state index contributed by atoms with van der Waals surface area (Å²) in [5.41, 5.74) is 1.22. The van der Waals surface area contributed by atoms with E-state index in [1.54, 1.807) is 18.2 Å². The number of non-ortho nitro benzene ring substituents is 1. The van der Waals surface area contributed by atoms with E-state index in [-0.39, 0.29) is 29.8 Å². The van der Waals surface area contributed by atoms with E-state index in [1.807, 2.05) is 0 Å². The standard InChI is InChI=1S/C23H27N3O7/c1-32-20-10-3-14(11-21(20)33-2)13-24-22(27)18-12-17(26(30)31)8-9-19(18)25-16-6-4-15(5-7-16)23(28)29/h3,8-12,15-16,25H,4-7,13H2,1-2H3,(H,24,27)(H,28,29). The quantitative estimate of drug-likeness (QED) is 0.383. The number of anilines is 1. The zero-order chi connectivity index (χ0) is 24.0. The van der Waals surface area contributed by atoms with Gasteiger partial charge in [-0.25, -0.2) is 0 Å². The van der Waals surface area contributed by atoms with Crippen LogP contribution in [-0.4, -0.2) is 42.2 Å². The van der Waals surface area contributed by atoms with E-state index in [0.29, 0.717) is 42.9 Å². The summed E-state index contributed by atoms with van der Waals surface area (Å²) in [6.45, 7) is 0.186. The summed E-state index contributed by atoms with van der Waals surface area (Å²) < 4.78 is 10.5. The Hall–Kier alpha value is -3.82. The Balaban J connectivity index is 1.74. The van der Waals surface area contributed by atoms with E-state index in [9.17, 15) is 24.8 Å². The lowest BCUT2D eigenvalue weighted by molar-refractivity contribution is -0.384. The van der Waals surface area contributed by atoms with Crippen molar-refractivity contribution in [1.82, 2.24) is 5.32 Å². The zero-order valence-electron chi connectivity index (χ0n) is 18.5. The Morgan fingerprint density at radius 1 is 1.06 bits per heavy atom. The van der Waals surface area contributed by atoms with E-state index < -0.39 is 16.8 Å². The highest BCUT2D eigenvalue weighted by Gasteiger charge is 2.27. The number of amides is 1. The molecular weight excluding hydrogens is 430 g/mol. The first-order valence-corrected chi connectivity index (χ1v) is 10.6. The van der Waals surface area contributed by atoms with Gasteiger partial charge in [-0.1, -0.05) is 6.07 Å². The van der Waals surface area contributed by atoms with Crippen LogP contribution < -0.4 is 20.1 Å². The average molecular weight is 457 g/mol. The number of carbonyl (C=O) groups excluding carboxylic acids is 1. The topological polar surface area (TPSA) is 140 Å². The molecule has 1 saturated carbocycles. The van der Waals surface area contributed by atoms with Gasteiger partial charge < -0.3 is 25.2 Å². The summed E-state index contributed by atoms with van der Waals surface area (Å²) in [7, 11) is 3.05. The van der Waals surface area contributed by atoms with Gasteiger partial charge in [0.1, 0.15) is 0 Å². The van der Waals surface area contributed by atoms with E-state index in [2.05, 4.69) is 10.6 Å².